The summed E-state index contributed by atoms with van der Waals surface area (Å²) in [5.74, 6) is -0.365. The van der Waals surface area contributed by atoms with Gasteiger partial charge in [0.25, 0.3) is 5.91 Å². The summed E-state index contributed by atoms with van der Waals surface area (Å²) >= 11 is 0. The smallest absolute Gasteiger partial charge is 0.315 e. The predicted molar refractivity (Wildman–Crippen MR) is 159 cm³/mol. The Morgan fingerprint density at radius 2 is 1.68 bits per heavy atom. The Hall–Kier alpha value is -1.86. The third-order valence-electron chi connectivity index (χ3n) is 11.7. The van der Waals surface area contributed by atoms with E-state index < -0.39 is 35.7 Å². The van der Waals surface area contributed by atoms with E-state index in [0.717, 1.165) is 83.0 Å². The summed E-state index contributed by atoms with van der Waals surface area (Å²) in [6, 6.07) is -3.10. The number of fused-ring (bicyclic) bond motifs is 2. The number of carbonyl (C=O) groups is 5. The second-order valence-corrected chi connectivity index (χ2v) is 14.5. The molecule has 11 heteroatoms. The Morgan fingerprint density at radius 1 is 0.909 bits per heavy atom. The van der Waals surface area contributed by atoms with Gasteiger partial charge in [-0.1, -0.05) is 44.9 Å². The van der Waals surface area contributed by atoms with Gasteiger partial charge in [0.2, 0.25) is 17.6 Å². The van der Waals surface area contributed by atoms with Crippen LogP contribution in [-0.4, -0.2) is 64.6 Å². The van der Waals surface area contributed by atoms with Crippen molar-refractivity contribution >= 4 is 29.5 Å². The molecule has 0 aromatic carbocycles. The number of rotatable bonds is 10. The SMILES string of the molecule is NC(=O)C(=O)C(CC1CCC1)NC(=O)[C@@H]1[C-]=CCN1C(=O)[C@@H](NC(=O)NC12CCC3CCC(CC3C1)C2)C1CCCCC1.[U]. The van der Waals surface area contributed by atoms with Crippen molar-refractivity contribution in [3.8, 4) is 0 Å². The van der Waals surface area contributed by atoms with E-state index >= 15 is 0 Å². The van der Waals surface area contributed by atoms with Crippen LogP contribution < -0.4 is 21.7 Å². The van der Waals surface area contributed by atoms with Gasteiger partial charge in [0.15, 0.2) is 0 Å². The fourth-order valence-corrected chi connectivity index (χ4v) is 9.26. The standard InChI is InChI=1S/C33H48N5O5.U/c34-29(40)28(39)25(17-20-6-4-7-20)35-30(41)26-10-5-15-38(26)31(42)27(23-8-2-1-3-9-23)36-32(43)37-33-14-13-22-12-11-21(18-33)16-24(22)19-33;/h5,20-27H,1-4,6-9,11-19H2,(H2,34,40)(H,35,41)(H2,36,37,43);/q-1;/t21?,22?,24?,25?,26-,27-,33?;/m0./s1. The van der Waals surface area contributed by atoms with Crippen LogP contribution in [0.5, 0.6) is 0 Å². The molecule has 5 saturated carbocycles. The Morgan fingerprint density at radius 3 is 2.39 bits per heavy atom. The van der Waals surface area contributed by atoms with Crippen molar-refractivity contribution in [2.24, 2.45) is 35.3 Å². The van der Waals surface area contributed by atoms with E-state index in [-0.39, 0.29) is 67.0 Å². The van der Waals surface area contributed by atoms with Crippen LogP contribution in [0.2, 0.25) is 0 Å². The number of primary amides is 1. The molecule has 240 valence electrons. The minimum absolute atomic E-state index is 0. The molecule has 5 aliphatic carbocycles. The molecule has 6 aliphatic rings. The number of nitrogens with zero attached hydrogens (tertiary/aromatic N) is 1. The molecule has 6 rings (SSSR count). The molecule has 0 aromatic heterocycles. The molecule has 1 aliphatic heterocycles. The first-order valence-corrected chi connectivity index (χ1v) is 16.8. The van der Waals surface area contributed by atoms with E-state index in [1.165, 1.54) is 24.2 Å². The molecule has 5 unspecified atom stereocenters. The number of nitrogens with one attached hydrogen (secondary N) is 3. The van der Waals surface area contributed by atoms with E-state index in [0.29, 0.717) is 18.3 Å². The third-order valence-corrected chi connectivity index (χ3v) is 11.7. The molecule has 3 bridgehead atoms. The van der Waals surface area contributed by atoms with Crippen LogP contribution in [0.4, 0.5) is 4.79 Å². The van der Waals surface area contributed by atoms with Gasteiger partial charge in [-0.15, -0.1) is 0 Å². The summed E-state index contributed by atoms with van der Waals surface area (Å²) < 4.78 is 0. The number of urea groups is 1. The topological polar surface area (TPSA) is 151 Å². The third kappa shape index (κ3) is 7.24. The molecule has 0 spiro atoms. The summed E-state index contributed by atoms with van der Waals surface area (Å²) in [4.78, 5) is 67.0. The summed E-state index contributed by atoms with van der Waals surface area (Å²) in [6.45, 7) is 0.190. The molecule has 5 amide bonds. The Kier molecular flexibility index (Phi) is 10.9. The van der Waals surface area contributed by atoms with Crippen LogP contribution in [0, 0.1) is 66.8 Å². The number of amides is 5. The van der Waals surface area contributed by atoms with Crippen molar-refractivity contribution in [3.05, 3.63) is 12.2 Å². The zero-order valence-electron chi connectivity index (χ0n) is 25.8. The molecular formula is C33H48N5O5U-. The summed E-state index contributed by atoms with van der Waals surface area (Å²) in [6.07, 6.45) is 20.8. The van der Waals surface area contributed by atoms with E-state index in [4.69, 9.17) is 5.73 Å². The van der Waals surface area contributed by atoms with Gasteiger partial charge in [0.05, 0.1) is 6.04 Å². The summed E-state index contributed by atoms with van der Waals surface area (Å²) in [5.41, 5.74) is 5.10. The van der Waals surface area contributed by atoms with Crippen LogP contribution in [0.15, 0.2) is 6.08 Å². The maximum absolute atomic E-state index is 14.2. The quantitative estimate of drug-likeness (QED) is 0.198. The van der Waals surface area contributed by atoms with Gasteiger partial charge in [0.1, 0.15) is 6.04 Å². The van der Waals surface area contributed by atoms with Crippen molar-refractivity contribution in [3.63, 3.8) is 0 Å². The minimum atomic E-state index is -1.08. The molecule has 0 radical (unpaired) electrons. The van der Waals surface area contributed by atoms with Crippen LogP contribution in [0.3, 0.4) is 0 Å². The predicted octanol–water partition coefficient (Wildman–Crippen LogP) is 2.89. The number of ketones is 1. The second kappa shape index (κ2) is 14.3. The molecular weight excluding hydrogens is 784 g/mol. The van der Waals surface area contributed by atoms with Gasteiger partial charge in [0, 0.05) is 43.2 Å². The first-order chi connectivity index (χ1) is 20.7. The molecule has 1 heterocycles. The van der Waals surface area contributed by atoms with E-state index in [1.807, 2.05) is 0 Å². The zero-order chi connectivity index (χ0) is 30.1. The summed E-state index contributed by atoms with van der Waals surface area (Å²) in [5, 5.41) is 9.18. The van der Waals surface area contributed by atoms with Gasteiger partial charge in [-0.05, 0) is 93.4 Å². The van der Waals surface area contributed by atoms with E-state index in [9.17, 15) is 24.0 Å². The van der Waals surface area contributed by atoms with E-state index in [1.54, 1.807) is 6.08 Å². The number of hydrogen-bond donors (Lipinski definition) is 4. The van der Waals surface area contributed by atoms with Crippen molar-refractivity contribution in [2.45, 2.75) is 126 Å². The average Bonchev–Trinajstić information content (AvgIpc) is 3.46. The average molecular weight is 833 g/mol. The molecule has 44 heavy (non-hydrogen) atoms. The normalized spacial score (nSPS) is 32.5. The van der Waals surface area contributed by atoms with Gasteiger partial charge in [-0.3, -0.25) is 19.2 Å². The van der Waals surface area contributed by atoms with Crippen LogP contribution in [0.1, 0.15) is 103 Å². The van der Waals surface area contributed by atoms with Gasteiger partial charge in [-0.25, -0.2) is 10.9 Å². The van der Waals surface area contributed by atoms with Crippen molar-refractivity contribution < 1.29 is 55.1 Å². The van der Waals surface area contributed by atoms with E-state index in [2.05, 4.69) is 22.0 Å². The van der Waals surface area contributed by atoms with Gasteiger partial charge in [-0.2, -0.15) is 0 Å². The second-order valence-electron chi connectivity index (χ2n) is 14.5. The fraction of sp³-hybridized carbons (Fsp3) is 0.788. The maximum Gasteiger partial charge on any atom is 0.315 e. The fourth-order valence-electron chi connectivity index (χ4n) is 9.26. The molecule has 0 saturated heterocycles. The Balaban J connectivity index is 0.00000384. The van der Waals surface area contributed by atoms with Gasteiger partial charge < -0.3 is 32.7 Å². The zero-order valence-corrected chi connectivity index (χ0v) is 29.9. The van der Waals surface area contributed by atoms with Crippen LogP contribution >= 0.6 is 0 Å². The van der Waals surface area contributed by atoms with Crippen molar-refractivity contribution in [1.29, 1.82) is 0 Å². The largest absolute Gasteiger partial charge is 0.466 e. The Labute approximate surface area is 284 Å². The maximum atomic E-state index is 14.2. The first kappa shape index (κ1) is 33.5. The molecule has 7 atom stereocenters. The monoisotopic (exact) mass is 832 g/mol. The molecule has 10 nitrogen and oxygen atoms in total. The Bertz CT molecular complexity index is 1150. The van der Waals surface area contributed by atoms with Crippen molar-refractivity contribution in [1.82, 2.24) is 20.9 Å². The number of nitrogens with two attached hydrogens (primary N) is 1. The van der Waals surface area contributed by atoms with Gasteiger partial charge >= 0.3 is 6.03 Å². The van der Waals surface area contributed by atoms with Crippen LogP contribution in [-0.2, 0) is 19.2 Å². The molecule has 5 N–H and O–H groups in total. The summed E-state index contributed by atoms with van der Waals surface area (Å²) in [7, 11) is 0. The molecule has 0 aromatic rings. The number of Topliss-reactive ketones (excluding diaryl/α,β-unsaturated/α-hetero) is 1. The van der Waals surface area contributed by atoms with Crippen LogP contribution in [0.25, 0.3) is 0 Å². The first-order valence-electron chi connectivity index (χ1n) is 16.8. The number of carbonyl (C=O) groups excluding carboxylic acids is 5. The minimum Gasteiger partial charge on any atom is -0.466 e. The molecule has 5 fully saturated rings. The van der Waals surface area contributed by atoms with Crippen molar-refractivity contribution in [2.75, 3.05) is 6.54 Å². The number of hydrogen-bond acceptors (Lipinski definition) is 5.